The molecule has 3 rings (SSSR count). The van der Waals surface area contributed by atoms with Crippen LogP contribution in [-0.4, -0.2) is 93.2 Å². The van der Waals surface area contributed by atoms with Crippen molar-refractivity contribution in [1.29, 1.82) is 0 Å². The van der Waals surface area contributed by atoms with Crippen molar-refractivity contribution in [3.8, 4) is 0 Å². The molecular weight excluding hydrogens is 336 g/mol. The van der Waals surface area contributed by atoms with E-state index in [0.717, 1.165) is 58.4 Å². The zero-order valence-electron chi connectivity index (χ0n) is 17.8. The highest BCUT2D eigenvalue weighted by Crippen LogP contribution is 2.37. The van der Waals surface area contributed by atoms with Crippen LogP contribution in [-0.2, 0) is 4.74 Å². The third-order valence-electron chi connectivity index (χ3n) is 6.82. The molecule has 3 fully saturated rings. The minimum atomic E-state index is 0.682. The Morgan fingerprint density at radius 3 is 2.19 bits per heavy atom. The van der Waals surface area contributed by atoms with E-state index in [0.29, 0.717) is 5.92 Å². The van der Waals surface area contributed by atoms with Crippen molar-refractivity contribution in [3.63, 3.8) is 0 Å². The fourth-order valence-electron chi connectivity index (χ4n) is 4.39. The van der Waals surface area contributed by atoms with Crippen molar-refractivity contribution in [2.45, 2.75) is 39.5 Å². The highest BCUT2D eigenvalue weighted by atomic mass is 16.5. The van der Waals surface area contributed by atoms with Crippen molar-refractivity contribution in [1.82, 2.24) is 14.7 Å². The largest absolute Gasteiger partial charge is 0.379 e. The molecule has 0 amide bonds. The third kappa shape index (κ3) is 5.78. The summed E-state index contributed by atoms with van der Waals surface area (Å²) in [5.41, 5.74) is 1.65. The molecule has 3 aliphatic rings. The van der Waals surface area contributed by atoms with Crippen LogP contribution in [0.25, 0.3) is 0 Å². The smallest absolute Gasteiger partial charge is 0.123 e. The molecule has 1 unspecified atom stereocenters. The van der Waals surface area contributed by atoms with Gasteiger partial charge in [0.05, 0.1) is 13.2 Å². The van der Waals surface area contributed by atoms with Gasteiger partial charge in [0.25, 0.3) is 0 Å². The number of allylic oxidation sites excluding steroid dienone is 1. The first-order valence-electron chi connectivity index (χ1n) is 11.2. The molecule has 1 aliphatic carbocycles. The first kappa shape index (κ1) is 20.8. The maximum Gasteiger partial charge on any atom is 0.123 e. The summed E-state index contributed by atoms with van der Waals surface area (Å²) in [6.07, 6.45) is 7.83. The molecule has 0 bridgehead atoms. The molecule has 2 aliphatic heterocycles. The minimum Gasteiger partial charge on any atom is -0.379 e. The molecule has 2 heterocycles. The number of amidine groups is 1. The van der Waals surface area contributed by atoms with Gasteiger partial charge in [-0.05, 0) is 37.2 Å². The Morgan fingerprint density at radius 2 is 1.67 bits per heavy atom. The summed E-state index contributed by atoms with van der Waals surface area (Å²) >= 11 is 0. The summed E-state index contributed by atoms with van der Waals surface area (Å²) in [4.78, 5) is 12.3. The summed E-state index contributed by atoms with van der Waals surface area (Å²) in [5.74, 6) is 2.71. The topological polar surface area (TPSA) is 31.3 Å². The van der Waals surface area contributed by atoms with E-state index in [4.69, 9.17) is 4.74 Å². The highest BCUT2D eigenvalue weighted by Gasteiger charge is 2.26. The quantitative estimate of drug-likeness (QED) is 0.505. The number of morpholine rings is 1. The SMILES string of the molecule is CCC(C)/C(=C\C(=NC)N1CCN(CCN2CCOCC2)CC1)C1CCC1. The summed E-state index contributed by atoms with van der Waals surface area (Å²) in [6.45, 7) is 15.6. The maximum absolute atomic E-state index is 5.45. The third-order valence-corrected chi connectivity index (χ3v) is 6.82. The van der Waals surface area contributed by atoms with Gasteiger partial charge in [0, 0.05) is 59.4 Å². The number of ether oxygens (including phenoxy) is 1. The summed E-state index contributed by atoms with van der Waals surface area (Å²) in [5, 5.41) is 0. The molecule has 0 aromatic rings. The van der Waals surface area contributed by atoms with Gasteiger partial charge in [0.2, 0.25) is 0 Å². The van der Waals surface area contributed by atoms with Crippen LogP contribution in [0.3, 0.4) is 0 Å². The molecule has 5 nitrogen and oxygen atoms in total. The van der Waals surface area contributed by atoms with Crippen molar-refractivity contribution in [3.05, 3.63) is 11.6 Å². The van der Waals surface area contributed by atoms with Gasteiger partial charge in [0.1, 0.15) is 5.84 Å². The van der Waals surface area contributed by atoms with Crippen LogP contribution in [0.5, 0.6) is 0 Å². The van der Waals surface area contributed by atoms with Gasteiger partial charge >= 0.3 is 0 Å². The van der Waals surface area contributed by atoms with Crippen LogP contribution in [0.4, 0.5) is 0 Å². The van der Waals surface area contributed by atoms with Crippen LogP contribution in [0.15, 0.2) is 16.6 Å². The average Bonchev–Trinajstić information content (AvgIpc) is 2.68. The zero-order valence-corrected chi connectivity index (χ0v) is 17.8. The second-order valence-electron chi connectivity index (χ2n) is 8.45. The van der Waals surface area contributed by atoms with E-state index in [9.17, 15) is 0 Å². The summed E-state index contributed by atoms with van der Waals surface area (Å²) < 4.78 is 5.45. The average molecular weight is 377 g/mol. The van der Waals surface area contributed by atoms with Crippen molar-refractivity contribution >= 4 is 5.84 Å². The van der Waals surface area contributed by atoms with E-state index in [1.54, 1.807) is 5.57 Å². The molecule has 5 heteroatoms. The summed E-state index contributed by atoms with van der Waals surface area (Å²) in [6, 6.07) is 0. The molecule has 0 N–H and O–H groups in total. The van der Waals surface area contributed by atoms with Crippen LogP contribution in [0.2, 0.25) is 0 Å². The molecule has 1 atom stereocenters. The van der Waals surface area contributed by atoms with Crippen LogP contribution < -0.4 is 0 Å². The Morgan fingerprint density at radius 1 is 1.04 bits per heavy atom. The Hall–Kier alpha value is -0.910. The van der Waals surface area contributed by atoms with E-state index in [1.165, 1.54) is 44.6 Å². The van der Waals surface area contributed by atoms with Gasteiger partial charge in [-0.25, -0.2) is 0 Å². The normalized spacial score (nSPS) is 25.5. The van der Waals surface area contributed by atoms with Gasteiger partial charge < -0.3 is 9.64 Å². The molecule has 0 spiro atoms. The van der Waals surface area contributed by atoms with Crippen molar-refractivity contribution in [2.24, 2.45) is 16.8 Å². The standard InChI is InChI=1S/C22H40N4O/c1-4-19(2)21(20-6-5-7-20)18-22(23-3)26-12-10-24(11-13-26)8-9-25-14-16-27-17-15-25/h18-20H,4-17H2,1-3H3/b21-18+,23-22?. The van der Waals surface area contributed by atoms with E-state index in [2.05, 4.69) is 39.6 Å². The Kier molecular flexibility index (Phi) is 8.16. The van der Waals surface area contributed by atoms with Crippen LogP contribution >= 0.6 is 0 Å². The van der Waals surface area contributed by atoms with Gasteiger partial charge in [-0.15, -0.1) is 0 Å². The van der Waals surface area contributed by atoms with E-state index < -0.39 is 0 Å². The molecule has 27 heavy (non-hydrogen) atoms. The van der Waals surface area contributed by atoms with Gasteiger partial charge in [0.15, 0.2) is 0 Å². The second kappa shape index (κ2) is 10.6. The Bertz CT molecular complexity index is 494. The number of hydrogen-bond donors (Lipinski definition) is 0. The van der Waals surface area contributed by atoms with E-state index in [1.807, 2.05) is 7.05 Å². The monoisotopic (exact) mass is 376 g/mol. The molecule has 154 valence electrons. The van der Waals surface area contributed by atoms with Gasteiger partial charge in [-0.1, -0.05) is 25.8 Å². The fourth-order valence-corrected chi connectivity index (χ4v) is 4.39. The molecule has 2 saturated heterocycles. The van der Waals surface area contributed by atoms with Crippen LogP contribution in [0.1, 0.15) is 39.5 Å². The fraction of sp³-hybridized carbons (Fsp3) is 0.864. The predicted molar refractivity (Wildman–Crippen MR) is 114 cm³/mol. The Labute approximate surface area is 166 Å². The van der Waals surface area contributed by atoms with Gasteiger partial charge in [-0.2, -0.15) is 0 Å². The van der Waals surface area contributed by atoms with E-state index >= 15 is 0 Å². The number of nitrogens with zero attached hydrogens (tertiary/aromatic N) is 4. The zero-order chi connectivity index (χ0) is 19.1. The first-order valence-corrected chi connectivity index (χ1v) is 11.2. The molecule has 0 aromatic heterocycles. The Balaban J connectivity index is 1.49. The lowest BCUT2D eigenvalue weighted by Crippen LogP contribution is -2.50. The molecule has 0 aromatic carbocycles. The lowest BCUT2D eigenvalue weighted by Gasteiger charge is -2.38. The van der Waals surface area contributed by atoms with Gasteiger partial charge in [-0.3, -0.25) is 14.8 Å². The molecule has 0 radical (unpaired) electrons. The van der Waals surface area contributed by atoms with Crippen LogP contribution in [0, 0.1) is 11.8 Å². The minimum absolute atomic E-state index is 0.682. The van der Waals surface area contributed by atoms with Crippen molar-refractivity contribution < 1.29 is 4.74 Å². The number of aliphatic imine (C=N–C) groups is 1. The summed E-state index contributed by atoms with van der Waals surface area (Å²) in [7, 11) is 1.96. The highest BCUT2D eigenvalue weighted by molar-refractivity contribution is 5.93. The lowest BCUT2D eigenvalue weighted by molar-refractivity contribution is 0.0315. The second-order valence-corrected chi connectivity index (χ2v) is 8.45. The van der Waals surface area contributed by atoms with E-state index in [-0.39, 0.29) is 0 Å². The number of piperazine rings is 1. The lowest BCUT2D eigenvalue weighted by atomic mass is 9.74. The molecular formula is C22H40N4O. The molecule has 1 saturated carbocycles. The predicted octanol–water partition coefficient (Wildman–Crippen LogP) is 2.74. The maximum atomic E-state index is 5.45. The number of rotatable bonds is 7. The van der Waals surface area contributed by atoms with Crippen molar-refractivity contribution in [2.75, 3.05) is 72.6 Å². The first-order chi connectivity index (χ1) is 13.2. The number of hydrogen-bond acceptors (Lipinski definition) is 4.